The number of hydrogen-bond acceptors (Lipinski definition) is 6. The average molecular weight is 439 g/mol. The first kappa shape index (κ1) is 24.4. The van der Waals surface area contributed by atoms with Gasteiger partial charge in [-0.15, -0.1) is 0 Å². The number of rotatable bonds is 7. The summed E-state index contributed by atoms with van der Waals surface area (Å²) in [5.74, 6) is -0.0847. The van der Waals surface area contributed by atoms with Gasteiger partial charge in [0.05, 0.1) is 19.2 Å². The first-order valence-electron chi connectivity index (χ1n) is 10.0. The van der Waals surface area contributed by atoms with Crippen molar-refractivity contribution < 1.29 is 8.98 Å². The van der Waals surface area contributed by atoms with Gasteiger partial charge in [0.2, 0.25) is 5.91 Å². The molecule has 0 heterocycles. The zero-order valence-corrected chi connectivity index (χ0v) is 19.0. The van der Waals surface area contributed by atoms with E-state index in [-0.39, 0.29) is 5.91 Å². The largest absolute Gasteiger partial charge is 0.398 e. The van der Waals surface area contributed by atoms with Gasteiger partial charge < -0.3 is 20.6 Å². The standard InChI is InChI=1S/C22H23N3O2S.C2H7N/c1-27-28-18-9-5-8-16(13-18)22(24)19-14-17(10-11-20(19)23)25-21(26)12-15-6-3-2-4-7-15;1-3-2/h3,5-11,13-14,24H,2,4,12,23H2,1H3,(H,25,26);3H,1-2H3. The van der Waals surface area contributed by atoms with Gasteiger partial charge >= 0.3 is 0 Å². The van der Waals surface area contributed by atoms with E-state index in [4.69, 9.17) is 15.3 Å². The number of allylic oxidation sites excluding steroid dienone is 3. The van der Waals surface area contributed by atoms with Crippen LogP contribution in [0.5, 0.6) is 0 Å². The Morgan fingerprint density at radius 3 is 2.65 bits per heavy atom. The second kappa shape index (κ2) is 12.7. The summed E-state index contributed by atoms with van der Waals surface area (Å²) in [7, 11) is 5.35. The lowest BCUT2D eigenvalue weighted by molar-refractivity contribution is -0.115. The second-order valence-electron chi connectivity index (χ2n) is 6.94. The van der Waals surface area contributed by atoms with Gasteiger partial charge in [0.1, 0.15) is 0 Å². The van der Waals surface area contributed by atoms with Gasteiger partial charge in [-0.3, -0.25) is 10.2 Å². The number of amides is 1. The minimum absolute atomic E-state index is 0.0847. The summed E-state index contributed by atoms with van der Waals surface area (Å²) in [5, 5.41) is 14.2. The van der Waals surface area contributed by atoms with E-state index in [9.17, 15) is 4.79 Å². The van der Waals surface area contributed by atoms with Crippen LogP contribution in [-0.4, -0.2) is 32.8 Å². The summed E-state index contributed by atoms with van der Waals surface area (Å²) in [6, 6.07) is 12.7. The number of benzene rings is 2. The summed E-state index contributed by atoms with van der Waals surface area (Å²) < 4.78 is 5.08. The van der Waals surface area contributed by atoms with Crippen molar-refractivity contribution in [3.8, 4) is 0 Å². The predicted molar refractivity (Wildman–Crippen MR) is 131 cm³/mol. The lowest BCUT2D eigenvalue weighted by Crippen LogP contribution is -2.13. The highest BCUT2D eigenvalue weighted by atomic mass is 32.2. The normalized spacial score (nSPS) is 12.4. The first-order valence-corrected chi connectivity index (χ1v) is 10.8. The van der Waals surface area contributed by atoms with E-state index in [2.05, 4.69) is 22.8 Å². The summed E-state index contributed by atoms with van der Waals surface area (Å²) in [5.41, 5.74) is 9.85. The molecule has 0 fully saturated rings. The number of anilines is 2. The van der Waals surface area contributed by atoms with E-state index in [0.29, 0.717) is 29.1 Å². The molecule has 0 atom stereocenters. The van der Waals surface area contributed by atoms with Gasteiger partial charge in [0.25, 0.3) is 0 Å². The van der Waals surface area contributed by atoms with Crippen LogP contribution in [0, 0.1) is 5.41 Å². The maximum Gasteiger partial charge on any atom is 0.228 e. The van der Waals surface area contributed by atoms with Crippen LogP contribution < -0.4 is 16.4 Å². The molecule has 0 saturated carbocycles. The topological polar surface area (TPSA) is 100 Å². The SMILES string of the molecule is CNC.COSc1cccc(C(=N)c2cc(NC(=O)CC3=CCCC=C3)ccc2N)c1. The van der Waals surface area contributed by atoms with Crippen LogP contribution in [0.15, 0.2) is 71.2 Å². The van der Waals surface area contributed by atoms with Crippen LogP contribution in [0.2, 0.25) is 0 Å². The number of nitrogens with one attached hydrogen (secondary N) is 3. The van der Waals surface area contributed by atoms with Crippen LogP contribution in [-0.2, 0) is 8.98 Å². The predicted octanol–water partition coefficient (Wildman–Crippen LogP) is 4.78. The highest BCUT2D eigenvalue weighted by Crippen LogP contribution is 2.25. The molecular formula is C24H30N4O2S. The quantitative estimate of drug-likeness (QED) is 0.283. The number of nitrogens with two attached hydrogens (primary N) is 1. The molecule has 0 bridgehead atoms. The number of nitrogen functional groups attached to an aromatic ring is 1. The van der Waals surface area contributed by atoms with E-state index in [0.717, 1.165) is 28.9 Å². The van der Waals surface area contributed by atoms with Crippen LogP contribution in [0.1, 0.15) is 30.4 Å². The van der Waals surface area contributed by atoms with Crippen molar-refractivity contribution >= 4 is 35.0 Å². The Morgan fingerprint density at radius 2 is 1.97 bits per heavy atom. The van der Waals surface area contributed by atoms with E-state index < -0.39 is 0 Å². The Labute approximate surface area is 188 Å². The van der Waals surface area contributed by atoms with E-state index >= 15 is 0 Å². The fourth-order valence-corrected chi connectivity index (χ4v) is 3.50. The van der Waals surface area contributed by atoms with Crippen molar-refractivity contribution in [1.29, 1.82) is 5.41 Å². The fraction of sp³-hybridized carbons (Fsp3) is 0.250. The third-order valence-corrected chi connectivity index (χ3v) is 4.96. The summed E-state index contributed by atoms with van der Waals surface area (Å²) >= 11 is 1.24. The maximum atomic E-state index is 12.3. The van der Waals surface area contributed by atoms with Crippen LogP contribution >= 0.6 is 12.0 Å². The summed E-state index contributed by atoms with van der Waals surface area (Å²) in [6.07, 6.45) is 8.51. The molecule has 5 N–H and O–H groups in total. The van der Waals surface area contributed by atoms with Gasteiger partial charge in [-0.1, -0.05) is 30.4 Å². The lowest BCUT2D eigenvalue weighted by atomic mass is 10.00. The molecule has 2 aromatic carbocycles. The molecule has 1 aliphatic rings. The molecule has 0 radical (unpaired) electrons. The Kier molecular flexibility index (Phi) is 10.0. The molecule has 1 amide bonds. The van der Waals surface area contributed by atoms with E-state index in [1.54, 1.807) is 25.3 Å². The van der Waals surface area contributed by atoms with Crippen LogP contribution in [0.25, 0.3) is 0 Å². The van der Waals surface area contributed by atoms with Gasteiger partial charge in [0, 0.05) is 39.4 Å². The van der Waals surface area contributed by atoms with Crippen molar-refractivity contribution in [1.82, 2.24) is 5.32 Å². The van der Waals surface area contributed by atoms with Gasteiger partial charge in [0.15, 0.2) is 0 Å². The molecule has 1 aliphatic carbocycles. The monoisotopic (exact) mass is 438 g/mol. The summed E-state index contributed by atoms with van der Waals surface area (Å²) in [6.45, 7) is 0. The maximum absolute atomic E-state index is 12.3. The average Bonchev–Trinajstić information content (AvgIpc) is 2.76. The molecule has 2 aromatic rings. The van der Waals surface area contributed by atoms with Crippen LogP contribution in [0.4, 0.5) is 11.4 Å². The third kappa shape index (κ3) is 7.71. The Balaban J connectivity index is 0.00000107. The Morgan fingerprint density at radius 1 is 1.19 bits per heavy atom. The zero-order chi connectivity index (χ0) is 22.6. The van der Waals surface area contributed by atoms with E-state index in [1.165, 1.54) is 12.0 Å². The molecule has 31 heavy (non-hydrogen) atoms. The smallest absolute Gasteiger partial charge is 0.228 e. The molecular weight excluding hydrogens is 408 g/mol. The van der Waals surface area contributed by atoms with Crippen molar-refractivity contribution in [2.45, 2.75) is 24.2 Å². The molecule has 3 rings (SSSR count). The van der Waals surface area contributed by atoms with Gasteiger partial charge in [-0.05, 0) is 62.8 Å². The number of hydrogen-bond donors (Lipinski definition) is 4. The van der Waals surface area contributed by atoms with Gasteiger partial charge in [-0.25, -0.2) is 0 Å². The highest BCUT2D eigenvalue weighted by Gasteiger charge is 2.12. The zero-order valence-electron chi connectivity index (χ0n) is 18.2. The van der Waals surface area contributed by atoms with Crippen molar-refractivity contribution in [2.24, 2.45) is 0 Å². The van der Waals surface area contributed by atoms with Crippen molar-refractivity contribution in [3.05, 3.63) is 77.4 Å². The molecule has 0 unspecified atom stereocenters. The molecule has 7 heteroatoms. The lowest BCUT2D eigenvalue weighted by Gasteiger charge is -2.13. The van der Waals surface area contributed by atoms with Crippen molar-refractivity contribution in [2.75, 3.05) is 32.3 Å². The second-order valence-corrected chi connectivity index (χ2v) is 7.91. The fourth-order valence-electron chi connectivity index (χ4n) is 3.00. The number of carbonyl (C=O) groups excluding carboxylic acids is 1. The first-order chi connectivity index (χ1) is 15.0. The van der Waals surface area contributed by atoms with Crippen LogP contribution in [0.3, 0.4) is 0 Å². The minimum Gasteiger partial charge on any atom is -0.398 e. The Hall–Kier alpha value is -2.87. The summed E-state index contributed by atoms with van der Waals surface area (Å²) in [4.78, 5) is 13.3. The molecule has 0 spiro atoms. The number of carbonyl (C=O) groups is 1. The van der Waals surface area contributed by atoms with E-state index in [1.807, 2.05) is 44.4 Å². The highest BCUT2D eigenvalue weighted by molar-refractivity contribution is 7.94. The minimum atomic E-state index is -0.0847. The third-order valence-electron chi connectivity index (χ3n) is 4.35. The molecule has 0 saturated heterocycles. The van der Waals surface area contributed by atoms with Crippen molar-refractivity contribution in [3.63, 3.8) is 0 Å². The molecule has 0 aromatic heterocycles. The molecule has 0 aliphatic heterocycles. The molecule has 6 nitrogen and oxygen atoms in total. The van der Waals surface area contributed by atoms with Gasteiger partial charge in [-0.2, -0.15) is 0 Å². The molecule has 164 valence electrons. The Bertz CT molecular complexity index is 970.